The van der Waals surface area contributed by atoms with E-state index in [9.17, 15) is 4.79 Å². The standard InChI is InChI=1S/C11H12N4O2/c1-7-13-6-9(11(16)17)10(15-7)14-5-8-2-3-12-4-8/h2-4,6,12H,5H2,1H3,(H,16,17)(H,13,14,15). The molecule has 2 aromatic heterocycles. The van der Waals surface area contributed by atoms with E-state index in [2.05, 4.69) is 20.3 Å². The molecule has 0 radical (unpaired) electrons. The molecule has 0 saturated carbocycles. The van der Waals surface area contributed by atoms with Crippen LogP contribution in [0.4, 0.5) is 5.82 Å². The quantitative estimate of drug-likeness (QED) is 0.741. The molecule has 0 unspecified atom stereocenters. The maximum absolute atomic E-state index is 11.0. The fraction of sp³-hybridized carbons (Fsp3) is 0.182. The highest BCUT2D eigenvalue weighted by Gasteiger charge is 2.12. The summed E-state index contributed by atoms with van der Waals surface area (Å²) >= 11 is 0. The minimum atomic E-state index is -1.04. The number of hydrogen-bond donors (Lipinski definition) is 3. The highest BCUT2D eigenvalue weighted by Crippen LogP contribution is 2.12. The zero-order valence-corrected chi connectivity index (χ0v) is 9.27. The summed E-state index contributed by atoms with van der Waals surface area (Å²) < 4.78 is 0. The third-order valence-corrected chi connectivity index (χ3v) is 2.26. The van der Waals surface area contributed by atoms with E-state index in [0.29, 0.717) is 18.2 Å². The number of carboxylic acids is 1. The summed E-state index contributed by atoms with van der Waals surface area (Å²) in [6, 6.07) is 1.90. The highest BCUT2D eigenvalue weighted by atomic mass is 16.4. The van der Waals surface area contributed by atoms with E-state index in [1.54, 1.807) is 13.1 Å². The van der Waals surface area contributed by atoms with Crippen LogP contribution in [0.5, 0.6) is 0 Å². The Hall–Kier alpha value is -2.37. The molecular formula is C11H12N4O2. The second-order valence-electron chi connectivity index (χ2n) is 3.56. The van der Waals surface area contributed by atoms with Gasteiger partial charge in [-0.2, -0.15) is 0 Å². The molecule has 0 spiro atoms. The molecule has 2 heterocycles. The maximum Gasteiger partial charge on any atom is 0.341 e. The molecule has 0 aliphatic carbocycles. The number of carboxylic acid groups (broad SMARTS) is 1. The molecule has 3 N–H and O–H groups in total. The third kappa shape index (κ3) is 2.60. The van der Waals surface area contributed by atoms with Crippen molar-refractivity contribution in [2.75, 3.05) is 5.32 Å². The van der Waals surface area contributed by atoms with E-state index < -0.39 is 5.97 Å². The van der Waals surface area contributed by atoms with E-state index in [-0.39, 0.29) is 5.56 Å². The highest BCUT2D eigenvalue weighted by molar-refractivity contribution is 5.92. The summed E-state index contributed by atoms with van der Waals surface area (Å²) in [7, 11) is 0. The van der Waals surface area contributed by atoms with E-state index in [1.165, 1.54) is 6.20 Å². The number of nitrogens with zero attached hydrogens (tertiary/aromatic N) is 2. The number of H-pyrrole nitrogens is 1. The number of aryl methyl sites for hydroxylation is 1. The number of nitrogens with one attached hydrogen (secondary N) is 2. The molecule has 0 aromatic carbocycles. The van der Waals surface area contributed by atoms with Gasteiger partial charge in [0.25, 0.3) is 0 Å². The Bertz CT molecular complexity index is 522. The fourth-order valence-electron chi connectivity index (χ4n) is 1.42. The number of aromatic amines is 1. The summed E-state index contributed by atoms with van der Waals surface area (Å²) in [5.74, 6) is -0.167. The van der Waals surface area contributed by atoms with Crippen molar-refractivity contribution < 1.29 is 9.90 Å². The molecule has 6 heteroatoms. The Kier molecular flexibility index (Phi) is 3.04. The minimum absolute atomic E-state index is 0.0751. The summed E-state index contributed by atoms with van der Waals surface area (Å²) in [6.45, 7) is 2.23. The molecule has 0 aliphatic rings. The molecule has 2 rings (SSSR count). The van der Waals surface area contributed by atoms with Crippen LogP contribution in [0.1, 0.15) is 21.7 Å². The van der Waals surface area contributed by atoms with Crippen LogP contribution in [-0.2, 0) is 6.54 Å². The lowest BCUT2D eigenvalue weighted by Crippen LogP contribution is -2.09. The Morgan fingerprint density at radius 2 is 2.41 bits per heavy atom. The number of hydrogen-bond acceptors (Lipinski definition) is 4. The molecule has 0 aliphatic heterocycles. The molecular weight excluding hydrogens is 220 g/mol. The predicted octanol–water partition coefficient (Wildman–Crippen LogP) is 1.42. The van der Waals surface area contributed by atoms with Crippen LogP contribution in [0.25, 0.3) is 0 Å². The van der Waals surface area contributed by atoms with Crippen molar-refractivity contribution in [1.82, 2.24) is 15.0 Å². The molecule has 0 atom stereocenters. The van der Waals surface area contributed by atoms with Crippen molar-refractivity contribution in [3.05, 3.63) is 41.6 Å². The normalized spacial score (nSPS) is 10.2. The number of rotatable bonds is 4. The zero-order chi connectivity index (χ0) is 12.3. The van der Waals surface area contributed by atoms with E-state index in [0.717, 1.165) is 5.56 Å². The predicted molar refractivity (Wildman–Crippen MR) is 61.8 cm³/mol. The van der Waals surface area contributed by atoms with Crippen LogP contribution in [-0.4, -0.2) is 26.0 Å². The fourth-order valence-corrected chi connectivity index (χ4v) is 1.42. The first kappa shape index (κ1) is 11.1. The minimum Gasteiger partial charge on any atom is -0.477 e. The first-order valence-electron chi connectivity index (χ1n) is 5.09. The van der Waals surface area contributed by atoms with Gasteiger partial charge in [0.2, 0.25) is 0 Å². The monoisotopic (exact) mass is 232 g/mol. The van der Waals surface area contributed by atoms with Gasteiger partial charge in [-0.1, -0.05) is 0 Å². The second-order valence-corrected chi connectivity index (χ2v) is 3.56. The number of carbonyl (C=O) groups is 1. The van der Waals surface area contributed by atoms with Crippen molar-refractivity contribution in [3.8, 4) is 0 Å². The molecule has 0 saturated heterocycles. The second kappa shape index (κ2) is 4.65. The summed E-state index contributed by atoms with van der Waals surface area (Å²) in [4.78, 5) is 21.8. The largest absolute Gasteiger partial charge is 0.477 e. The van der Waals surface area contributed by atoms with Crippen LogP contribution in [0, 0.1) is 6.92 Å². The first-order chi connectivity index (χ1) is 8.16. The summed E-state index contributed by atoms with van der Waals surface area (Å²) in [5, 5.41) is 12.0. The van der Waals surface area contributed by atoms with Crippen molar-refractivity contribution in [2.24, 2.45) is 0 Å². The van der Waals surface area contributed by atoms with Gasteiger partial charge in [-0.3, -0.25) is 0 Å². The number of aromatic carboxylic acids is 1. The topological polar surface area (TPSA) is 90.9 Å². The van der Waals surface area contributed by atoms with Crippen molar-refractivity contribution in [1.29, 1.82) is 0 Å². The van der Waals surface area contributed by atoms with E-state index >= 15 is 0 Å². The Morgan fingerprint density at radius 3 is 3.06 bits per heavy atom. The van der Waals surface area contributed by atoms with Gasteiger partial charge in [-0.25, -0.2) is 14.8 Å². The Morgan fingerprint density at radius 1 is 1.59 bits per heavy atom. The first-order valence-corrected chi connectivity index (χ1v) is 5.09. The molecule has 2 aromatic rings. The van der Waals surface area contributed by atoms with Gasteiger partial charge < -0.3 is 15.4 Å². The lowest BCUT2D eigenvalue weighted by molar-refractivity contribution is 0.0697. The zero-order valence-electron chi connectivity index (χ0n) is 9.27. The van der Waals surface area contributed by atoms with Gasteiger partial charge >= 0.3 is 5.97 Å². The molecule has 0 amide bonds. The smallest absolute Gasteiger partial charge is 0.341 e. The molecule has 88 valence electrons. The van der Waals surface area contributed by atoms with Gasteiger partial charge in [0.05, 0.1) is 0 Å². The average Bonchev–Trinajstić information content (AvgIpc) is 2.78. The van der Waals surface area contributed by atoms with E-state index in [1.807, 2.05) is 12.3 Å². The van der Waals surface area contributed by atoms with Gasteiger partial charge in [-0.15, -0.1) is 0 Å². The third-order valence-electron chi connectivity index (χ3n) is 2.26. The average molecular weight is 232 g/mol. The van der Waals surface area contributed by atoms with Crippen LogP contribution in [0.3, 0.4) is 0 Å². The molecule has 0 fully saturated rings. The lowest BCUT2D eigenvalue weighted by atomic mass is 10.3. The van der Waals surface area contributed by atoms with Gasteiger partial charge in [0.15, 0.2) is 0 Å². The van der Waals surface area contributed by atoms with Crippen LogP contribution in [0.15, 0.2) is 24.7 Å². The molecule has 17 heavy (non-hydrogen) atoms. The van der Waals surface area contributed by atoms with E-state index in [4.69, 9.17) is 5.11 Å². The van der Waals surface area contributed by atoms with Crippen LogP contribution in [0.2, 0.25) is 0 Å². The van der Waals surface area contributed by atoms with Gasteiger partial charge in [-0.05, 0) is 18.6 Å². The van der Waals surface area contributed by atoms with Crippen LogP contribution < -0.4 is 5.32 Å². The number of aromatic nitrogens is 3. The van der Waals surface area contributed by atoms with Crippen LogP contribution >= 0.6 is 0 Å². The van der Waals surface area contributed by atoms with Crippen molar-refractivity contribution >= 4 is 11.8 Å². The summed E-state index contributed by atoms with van der Waals surface area (Å²) in [6.07, 6.45) is 4.95. The lowest BCUT2D eigenvalue weighted by Gasteiger charge is -2.07. The number of anilines is 1. The SMILES string of the molecule is Cc1ncc(C(=O)O)c(NCc2cc[nH]c2)n1. The van der Waals surface area contributed by atoms with Crippen molar-refractivity contribution in [3.63, 3.8) is 0 Å². The van der Waals surface area contributed by atoms with Gasteiger partial charge in [0.1, 0.15) is 17.2 Å². The Labute approximate surface area is 97.7 Å². The van der Waals surface area contributed by atoms with Crippen molar-refractivity contribution in [2.45, 2.75) is 13.5 Å². The summed E-state index contributed by atoms with van der Waals surface area (Å²) in [5.41, 5.74) is 1.10. The molecule has 6 nitrogen and oxygen atoms in total. The maximum atomic E-state index is 11.0. The molecule has 0 bridgehead atoms. The Balaban J connectivity index is 2.19. The van der Waals surface area contributed by atoms with Gasteiger partial charge in [0, 0.05) is 25.1 Å².